The molecule has 0 aliphatic heterocycles. The average Bonchev–Trinajstić information content (AvgIpc) is 2.24. The number of carbonyl (C=O) groups excluding carboxylic acids is 1. The van der Waals surface area contributed by atoms with Gasteiger partial charge < -0.3 is 29.6 Å². The summed E-state index contributed by atoms with van der Waals surface area (Å²) in [7, 11) is 5.72. The second-order valence-corrected chi connectivity index (χ2v) is 5.51. The Morgan fingerprint density at radius 2 is 1.82 bits per heavy atom. The molecule has 0 unspecified atom stereocenters. The van der Waals surface area contributed by atoms with Gasteiger partial charge in [-0.2, -0.15) is 0 Å². The quantitative estimate of drug-likeness (QED) is 0.419. The Labute approximate surface area is 125 Å². The van der Waals surface area contributed by atoms with E-state index >= 15 is 0 Å². The van der Waals surface area contributed by atoms with Crippen LogP contribution in [0.4, 0.5) is 0 Å². The van der Waals surface area contributed by atoms with Crippen molar-refractivity contribution in [2.24, 2.45) is 0 Å². The van der Waals surface area contributed by atoms with E-state index < -0.39 is 35.0 Å². The summed E-state index contributed by atoms with van der Waals surface area (Å²) in [5, 5.41) is 27.5. The Bertz CT molecular complexity index is 598. The third-order valence-corrected chi connectivity index (χ3v) is 2.15. The fraction of sp³-hybridized carbons (Fsp3) is 0.500. The fourth-order valence-corrected chi connectivity index (χ4v) is 1.48. The first-order chi connectivity index (χ1) is 9.90. The molecule has 1 atom stereocenters. The van der Waals surface area contributed by atoms with E-state index in [2.05, 4.69) is 0 Å². The average molecular weight is 317 g/mol. The number of carbonyl (C=O) groups is 2. The van der Waals surface area contributed by atoms with Gasteiger partial charge in [-0.1, -0.05) is 0 Å². The van der Waals surface area contributed by atoms with E-state index in [0.29, 0.717) is 11.0 Å². The number of aliphatic hydroxyl groups excluding tert-OH is 1. The summed E-state index contributed by atoms with van der Waals surface area (Å²) in [6, 6.07) is 0.733. The van der Waals surface area contributed by atoms with Crippen LogP contribution in [0.25, 0.3) is 0 Å². The van der Waals surface area contributed by atoms with Crippen molar-refractivity contribution in [1.29, 1.82) is 0 Å². The number of likely N-dealkylation sites (N-methyl/N-ethyl adjacent to an activating group) is 1. The van der Waals surface area contributed by atoms with Gasteiger partial charge in [-0.25, -0.2) is 4.79 Å². The minimum absolute atomic E-state index is 0.171. The molecular weight excluding hydrogens is 298 g/mol. The topological polar surface area (TPSA) is 163 Å². The van der Waals surface area contributed by atoms with Crippen LogP contribution in [-0.2, 0) is 4.79 Å². The summed E-state index contributed by atoms with van der Waals surface area (Å²) in [5.74, 6) is -2.54. The van der Waals surface area contributed by atoms with Crippen LogP contribution in [0.3, 0.4) is 0 Å². The predicted octanol–water partition coefficient (Wildman–Crippen LogP) is -3.05. The van der Waals surface area contributed by atoms with Gasteiger partial charge in [-0.15, -0.1) is 0 Å². The Morgan fingerprint density at radius 1 is 1.27 bits per heavy atom. The van der Waals surface area contributed by atoms with Gasteiger partial charge in [0.2, 0.25) is 0 Å². The highest BCUT2D eigenvalue weighted by Crippen LogP contribution is 1.98. The molecule has 1 heterocycles. The van der Waals surface area contributed by atoms with Crippen LogP contribution in [-0.4, -0.2) is 70.4 Å². The number of H-pyrrole nitrogens is 2. The van der Waals surface area contributed by atoms with Crippen molar-refractivity contribution in [3.8, 4) is 0 Å². The second-order valence-electron chi connectivity index (χ2n) is 5.51. The van der Waals surface area contributed by atoms with E-state index in [1.54, 1.807) is 0 Å². The number of aromatic amines is 2. The molecule has 0 aliphatic carbocycles. The van der Waals surface area contributed by atoms with Crippen molar-refractivity contribution in [3.63, 3.8) is 0 Å². The zero-order chi connectivity index (χ0) is 17.5. The van der Waals surface area contributed by atoms with Gasteiger partial charge in [0.05, 0.1) is 39.2 Å². The third kappa shape index (κ3) is 9.44. The molecule has 10 nitrogen and oxygen atoms in total. The number of aromatic nitrogens is 2. The number of aliphatic hydroxyl groups is 1. The standard InChI is InChI=1S/C7H15NO3.C5H4N2O4/c1-8(2,3)5-6(9)4-7(10)11;8-3-1-2(4(9)10)6-5(11)7-3/h6,9H,4-5H2,1-3H3;1H,(H,9,10)(H2,6,7,8,11)/t6-;/m1./s1. The minimum atomic E-state index is -1.59. The Kier molecular flexibility index (Phi) is 7.19. The molecule has 0 fully saturated rings. The zero-order valence-electron chi connectivity index (χ0n) is 12.5. The van der Waals surface area contributed by atoms with E-state index in [1.807, 2.05) is 31.1 Å². The van der Waals surface area contributed by atoms with Crippen LogP contribution in [0.1, 0.15) is 16.9 Å². The molecule has 4 N–H and O–H groups in total. The van der Waals surface area contributed by atoms with Crippen molar-refractivity contribution in [2.75, 3.05) is 27.7 Å². The molecule has 0 aromatic carbocycles. The largest absolute Gasteiger partial charge is 0.543 e. The van der Waals surface area contributed by atoms with Crippen molar-refractivity contribution >= 4 is 11.9 Å². The van der Waals surface area contributed by atoms with Gasteiger partial charge >= 0.3 is 11.7 Å². The number of carboxylic acids is 2. The van der Waals surface area contributed by atoms with E-state index in [9.17, 15) is 24.3 Å². The van der Waals surface area contributed by atoms with E-state index in [4.69, 9.17) is 10.2 Å². The van der Waals surface area contributed by atoms with E-state index in [0.717, 1.165) is 6.07 Å². The number of nitrogens with one attached hydrogen (secondary N) is 2. The molecule has 0 saturated carbocycles. The number of aromatic carboxylic acids is 1. The summed E-state index contributed by atoms with van der Waals surface area (Å²) in [4.78, 5) is 44.7. The van der Waals surface area contributed by atoms with Gasteiger partial charge in [-0.05, 0) is 0 Å². The first kappa shape index (κ1) is 19.5. The molecule has 0 radical (unpaired) electrons. The van der Waals surface area contributed by atoms with Crippen LogP contribution in [0.2, 0.25) is 0 Å². The van der Waals surface area contributed by atoms with E-state index in [-0.39, 0.29) is 6.42 Å². The lowest BCUT2D eigenvalue weighted by Gasteiger charge is -2.25. The van der Waals surface area contributed by atoms with Gasteiger partial charge in [-0.3, -0.25) is 14.6 Å². The smallest absolute Gasteiger partial charge is 0.326 e. The SMILES string of the molecule is C[N+](C)(C)C[C@H](O)CC(=O)O.O=C([O-])c1cc(=O)[nH]c(=O)[nH]1. The molecule has 124 valence electrons. The lowest BCUT2D eigenvalue weighted by molar-refractivity contribution is -0.873. The van der Waals surface area contributed by atoms with Crippen LogP contribution in [0.15, 0.2) is 15.7 Å². The first-order valence-corrected chi connectivity index (χ1v) is 6.16. The summed E-state index contributed by atoms with van der Waals surface area (Å²) in [6.07, 6.45) is -0.914. The number of carboxylic acid groups (broad SMARTS) is 2. The number of quaternary nitrogens is 1. The normalized spacial score (nSPS) is 12.0. The zero-order valence-corrected chi connectivity index (χ0v) is 12.5. The van der Waals surface area contributed by atoms with Crippen LogP contribution >= 0.6 is 0 Å². The van der Waals surface area contributed by atoms with Crippen molar-refractivity contribution in [2.45, 2.75) is 12.5 Å². The summed E-state index contributed by atoms with van der Waals surface area (Å²) in [5.41, 5.74) is -2.16. The lowest BCUT2D eigenvalue weighted by atomic mass is 10.2. The highest BCUT2D eigenvalue weighted by Gasteiger charge is 2.17. The van der Waals surface area contributed by atoms with Gasteiger partial charge in [0.1, 0.15) is 12.6 Å². The molecule has 0 spiro atoms. The molecule has 0 bridgehead atoms. The second kappa shape index (κ2) is 8.10. The van der Waals surface area contributed by atoms with Gasteiger partial charge in [0, 0.05) is 6.07 Å². The fourth-order valence-electron chi connectivity index (χ4n) is 1.48. The molecule has 1 rings (SSSR count). The molecule has 10 heteroatoms. The summed E-state index contributed by atoms with van der Waals surface area (Å²) < 4.78 is 0.578. The monoisotopic (exact) mass is 317 g/mol. The Hall–Kier alpha value is -2.46. The molecule has 1 aromatic heterocycles. The molecular formula is C12H19N3O7. The van der Waals surface area contributed by atoms with Gasteiger partial charge in [0.25, 0.3) is 5.56 Å². The van der Waals surface area contributed by atoms with Crippen molar-refractivity contribution in [1.82, 2.24) is 9.97 Å². The highest BCUT2D eigenvalue weighted by atomic mass is 16.4. The van der Waals surface area contributed by atoms with Crippen LogP contribution < -0.4 is 16.4 Å². The molecule has 0 saturated heterocycles. The molecule has 0 aliphatic rings. The third-order valence-electron chi connectivity index (χ3n) is 2.15. The summed E-state index contributed by atoms with van der Waals surface area (Å²) in [6.45, 7) is 0.465. The number of nitrogens with zero attached hydrogens (tertiary/aromatic N) is 1. The van der Waals surface area contributed by atoms with Crippen LogP contribution in [0, 0.1) is 0 Å². The predicted molar refractivity (Wildman–Crippen MR) is 73.2 cm³/mol. The van der Waals surface area contributed by atoms with Crippen LogP contribution in [0.5, 0.6) is 0 Å². The van der Waals surface area contributed by atoms with Crippen molar-refractivity contribution in [3.05, 3.63) is 32.6 Å². The Morgan fingerprint density at radius 3 is 2.18 bits per heavy atom. The molecule has 1 aromatic rings. The first-order valence-electron chi connectivity index (χ1n) is 6.16. The van der Waals surface area contributed by atoms with Gasteiger partial charge in [0.15, 0.2) is 0 Å². The minimum Gasteiger partial charge on any atom is -0.543 e. The lowest BCUT2D eigenvalue weighted by Crippen LogP contribution is -2.42. The summed E-state index contributed by atoms with van der Waals surface area (Å²) >= 11 is 0. The maximum Gasteiger partial charge on any atom is 0.326 e. The Balaban J connectivity index is 0.000000401. The molecule has 22 heavy (non-hydrogen) atoms. The number of aliphatic carboxylic acids is 1. The van der Waals surface area contributed by atoms with E-state index in [1.165, 1.54) is 0 Å². The maximum atomic E-state index is 10.4. The van der Waals surface area contributed by atoms with Crippen molar-refractivity contribution < 1.29 is 29.4 Å². The molecule has 0 amide bonds. The number of rotatable bonds is 5. The maximum absolute atomic E-state index is 10.4. The highest BCUT2D eigenvalue weighted by molar-refractivity contribution is 5.82. The number of hydrogen-bond acceptors (Lipinski definition) is 6. The number of hydrogen-bond donors (Lipinski definition) is 4.